The molecule has 1 saturated carbocycles. The van der Waals surface area contributed by atoms with Gasteiger partial charge in [0.1, 0.15) is 6.54 Å². The molecule has 2 amide bonds. The molecule has 156 valence electrons. The number of nitrogens with zero attached hydrogens (tertiary/aromatic N) is 2. The predicted molar refractivity (Wildman–Crippen MR) is 115 cm³/mol. The van der Waals surface area contributed by atoms with Crippen molar-refractivity contribution in [2.75, 3.05) is 17.2 Å². The maximum atomic E-state index is 12.7. The standard InChI is InChI=1S/C22H25N5O3/c1-14(28)12-23-22-26-18-7-2-3-8-19(18)27(22)13-20(29)24-17-6-4-5-15(11-17)21(30)25-16-9-10-16/h2-8,11,14,16,28H,9-10,12-13H2,1H3,(H,23,26)(H,24,29)(H,25,30). The van der Waals surface area contributed by atoms with E-state index in [2.05, 4.69) is 20.9 Å². The van der Waals surface area contributed by atoms with Gasteiger partial charge in [0.05, 0.1) is 17.1 Å². The Bertz CT molecular complexity index is 1070. The van der Waals surface area contributed by atoms with E-state index in [9.17, 15) is 14.7 Å². The van der Waals surface area contributed by atoms with Crippen LogP contribution in [0.3, 0.4) is 0 Å². The van der Waals surface area contributed by atoms with Gasteiger partial charge in [-0.15, -0.1) is 0 Å². The summed E-state index contributed by atoms with van der Waals surface area (Å²) in [5.41, 5.74) is 2.66. The minimum absolute atomic E-state index is 0.0428. The number of benzene rings is 2. The molecule has 1 fully saturated rings. The molecule has 4 N–H and O–H groups in total. The molecule has 1 unspecified atom stereocenters. The van der Waals surface area contributed by atoms with Gasteiger partial charge in [-0.3, -0.25) is 9.59 Å². The Morgan fingerprint density at radius 1 is 1.20 bits per heavy atom. The molecule has 0 aliphatic heterocycles. The number of aliphatic hydroxyl groups is 1. The van der Waals surface area contributed by atoms with Gasteiger partial charge in [0.15, 0.2) is 0 Å². The van der Waals surface area contributed by atoms with Crippen molar-refractivity contribution in [3.8, 4) is 0 Å². The number of nitrogens with one attached hydrogen (secondary N) is 3. The number of anilines is 2. The van der Waals surface area contributed by atoms with E-state index in [1.54, 1.807) is 35.8 Å². The van der Waals surface area contributed by atoms with Crippen molar-refractivity contribution < 1.29 is 14.7 Å². The molecule has 1 aliphatic rings. The van der Waals surface area contributed by atoms with E-state index in [-0.39, 0.29) is 24.4 Å². The summed E-state index contributed by atoms with van der Waals surface area (Å²) in [5.74, 6) is 0.154. The summed E-state index contributed by atoms with van der Waals surface area (Å²) in [7, 11) is 0. The highest BCUT2D eigenvalue weighted by Gasteiger charge is 2.24. The molecule has 0 spiro atoms. The second-order valence-corrected chi connectivity index (χ2v) is 7.62. The van der Waals surface area contributed by atoms with Crippen molar-refractivity contribution in [1.29, 1.82) is 0 Å². The third-order valence-corrected chi connectivity index (χ3v) is 4.83. The normalized spacial score (nSPS) is 14.3. The highest BCUT2D eigenvalue weighted by Crippen LogP contribution is 2.21. The van der Waals surface area contributed by atoms with Crippen LogP contribution in [0.5, 0.6) is 0 Å². The number of imidazole rings is 1. The fraction of sp³-hybridized carbons (Fsp3) is 0.318. The minimum atomic E-state index is -0.545. The van der Waals surface area contributed by atoms with Gasteiger partial charge in [-0.25, -0.2) is 4.98 Å². The second kappa shape index (κ2) is 8.54. The van der Waals surface area contributed by atoms with Crippen molar-refractivity contribution in [3.63, 3.8) is 0 Å². The van der Waals surface area contributed by atoms with Gasteiger partial charge in [0.2, 0.25) is 11.9 Å². The third-order valence-electron chi connectivity index (χ3n) is 4.83. The van der Waals surface area contributed by atoms with Crippen molar-refractivity contribution in [2.24, 2.45) is 0 Å². The van der Waals surface area contributed by atoms with Gasteiger partial charge in [-0.2, -0.15) is 0 Å². The molecular formula is C22H25N5O3. The number of aliphatic hydroxyl groups excluding tert-OH is 1. The van der Waals surface area contributed by atoms with Crippen LogP contribution in [0.25, 0.3) is 11.0 Å². The van der Waals surface area contributed by atoms with Gasteiger partial charge in [0.25, 0.3) is 5.91 Å². The number of aromatic nitrogens is 2. The van der Waals surface area contributed by atoms with Crippen molar-refractivity contribution >= 4 is 34.5 Å². The largest absolute Gasteiger partial charge is 0.392 e. The zero-order valence-corrected chi connectivity index (χ0v) is 16.8. The third kappa shape index (κ3) is 4.77. The van der Waals surface area contributed by atoms with Crippen molar-refractivity contribution in [1.82, 2.24) is 14.9 Å². The molecule has 8 nitrogen and oxygen atoms in total. The Balaban J connectivity index is 1.49. The molecule has 1 heterocycles. The lowest BCUT2D eigenvalue weighted by molar-refractivity contribution is -0.116. The van der Waals surface area contributed by atoms with Crippen molar-refractivity contribution in [2.45, 2.75) is 38.5 Å². The van der Waals surface area contributed by atoms with Crippen LogP contribution in [0.15, 0.2) is 48.5 Å². The van der Waals surface area contributed by atoms with E-state index in [1.165, 1.54) is 0 Å². The number of carbonyl (C=O) groups is 2. The van der Waals surface area contributed by atoms with Crippen LogP contribution < -0.4 is 16.0 Å². The molecule has 3 aromatic rings. The van der Waals surface area contributed by atoms with Crippen LogP contribution in [0, 0.1) is 0 Å². The SMILES string of the molecule is CC(O)CNc1nc2ccccc2n1CC(=O)Nc1cccc(C(=O)NC2CC2)c1. The maximum Gasteiger partial charge on any atom is 0.251 e. The first-order valence-corrected chi connectivity index (χ1v) is 10.1. The topological polar surface area (TPSA) is 108 Å². The molecule has 1 aliphatic carbocycles. The Morgan fingerprint density at radius 3 is 2.77 bits per heavy atom. The Labute approximate surface area is 174 Å². The predicted octanol–water partition coefficient (Wildman–Crippen LogP) is 2.36. The summed E-state index contributed by atoms with van der Waals surface area (Å²) in [6.45, 7) is 2.04. The molecule has 8 heteroatoms. The van der Waals surface area contributed by atoms with Crippen molar-refractivity contribution in [3.05, 3.63) is 54.1 Å². The van der Waals surface area contributed by atoms with Gasteiger partial charge in [-0.05, 0) is 50.1 Å². The molecule has 1 atom stereocenters. The lowest BCUT2D eigenvalue weighted by Crippen LogP contribution is -2.25. The van der Waals surface area contributed by atoms with Gasteiger partial charge in [-0.1, -0.05) is 18.2 Å². The average Bonchev–Trinajstić information content (AvgIpc) is 3.47. The number of carbonyl (C=O) groups excluding carboxylic acids is 2. The molecule has 2 aromatic carbocycles. The van der Waals surface area contributed by atoms with E-state index in [0.717, 1.165) is 23.9 Å². The monoisotopic (exact) mass is 407 g/mol. The summed E-state index contributed by atoms with van der Waals surface area (Å²) in [4.78, 5) is 29.5. The van der Waals surface area contributed by atoms with Crippen LogP contribution in [0.2, 0.25) is 0 Å². The molecule has 30 heavy (non-hydrogen) atoms. The summed E-state index contributed by atoms with van der Waals surface area (Å²) in [6, 6.07) is 14.7. The van der Waals surface area contributed by atoms with Crippen LogP contribution in [0.4, 0.5) is 11.6 Å². The second-order valence-electron chi connectivity index (χ2n) is 7.62. The van der Waals surface area contributed by atoms with Crippen LogP contribution >= 0.6 is 0 Å². The van der Waals surface area contributed by atoms with Gasteiger partial charge in [0, 0.05) is 23.8 Å². The molecular weight excluding hydrogens is 382 g/mol. The van der Waals surface area contributed by atoms with E-state index in [4.69, 9.17) is 0 Å². The van der Waals surface area contributed by atoms with E-state index < -0.39 is 6.10 Å². The minimum Gasteiger partial charge on any atom is -0.392 e. The first kappa shape index (κ1) is 19.9. The highest BCUT2D eigenvalue weighted by molar-refractivity contribution is 5.97. The summed E-state index contributed by atoms with van der Waals surface area (Å²) in [6.07, 6.45) is 1.50. The Morgan fingerprint density at radius 2 is 2.00 bits per heavy atom. The van der Waals surface area contributed by atoms with E-state index in [0.29, 0.717) is 23.7 Å². The number of amides is 2. The van der Waals surface area contributed by atoms with E-state index >= 15 is 0 Å². The number of para-hydroxylation sites is 2. The quantitative estimate of drug-likeness (QED) is 0.458. The Hall–Kier alpha value is -3.39. The number of hydrogen-bond acceptors (Lipinski definition) is 5. The summed E-state index contributed by atoms with van der Waals surface area (Å²) < 4.78 is 1.77. The van der Waals surface area contributed by atoms with Crippen LogP contribution in [-0.4, -0.2) is 45.2 Å². The van der Waals surface area contributed by atoms with E-state index in [1.807, 2.05) is 24.3 Å². The Kier molecular flexibility index (Phi) is 5.67. The lowest BCUT2D eigenvalue weighted by atomic mass is 10.2. The molecule has 0 saturated heterocycles. The number of rotatable bonds is 8. The van der Waals surface area contributed by atoms with Crippen LogP contribution in [-0.2, 0) is 11.3 Å². The molecule has 0 radical (unpaired) electrons. The fourth-order valence-electron chi connectivity index (χ4n) is 3.19. The van der Waals surface area contributed by atoms with Crippen LogP contribution in [0.1, 0.15) is 30.1 Å². The zero-order chi connectivity index (χ0) is 21.1. The number of hydrogen-bond donors (Lipinski definition) is 4. The zero-order valence-electron chi connectivity index (χ0n) is 16.8. The molecule has 0 bridgehead atoms. The smallest absolute Gasteiger partial charge is 0.251 e. The first-order valence-electron chi connectivity index (χ1n) is 10.1. The summed E-state index contributed by atoms with van der Waals surface area (Å²) >= 11 is 0. The average molecular weight is 407 g/mol. The summed E-state index contributed by atoms with van der Waals surface area (Å²) in [5, 5.41) is 18.5. The van der Waals surface area contributed by atoms with Gasteiger partial charge < -0.3 is 25.6 Å². The molecule has 1 aromatic heterocycles. The first-order chi connectivity index (χ1) is 14.5. The molecule has 4 rings (SSSR count). The highest BCUT2D eigenvalue weighted by atomic mass is 16.3. The lowest BCUT2D eigenvalue weighted by Gasteiger charge is -2.12. The number of fused-ring (bicyclic) bond motifs is 1. The van der Waals surface area contributed by atoms with Gasteiger partial charge >= 0.3 is 0 Å². The fourth-order valence-corrected chi connectivity index (χ4v) is 3.19. The maximum absolute atomic E-state index is 12.7.